The Morgan fingerprint density at radius 1 is 1.19 bits per heavy atom. The second kappa shape index (κ2) is 5.10. The number of likely N-dealkylation sites (tertiary alicyclic amines) is 1. The average Bonchev–Trinajstić information content (AvgIpc) is 3.30. The zero-order chi connectivity index (χ0) is 14.4. The second-order valence-electron chi connectivity index (χ2n) is 7.15. The Balaban J connectivity index is 1.51. The fourth-order valence-corrected chi connectivity index (χ4v) is 4.26. The standard InChI is InChI=1S/C18H22ClNO/c19-15-3-4-16-14(11-15)5-6-18(17(16)21)7-9-20(10-8-18)12-13-1-2-13/h3-4,11,13H,1-2,5-10,12H2. The lowest BCUT2D eigenvalue weighted by atomic mass is 9.65. The Labute approximate surface area is 131 Å². The largest absolute Gasteiger partial charge is 0.303 e. The molecule has 1 saturated carbocycles. The van der Waals surface area contributed by atoms with Gasteiger partial charge in [-0.2, -0.15) is 0 Å². The van der Waals surface area contributed by atoms with E-state index in [0.29, 0.717) is 5.78 Å². The SMILES string of the molecule is O=C1c2ccc(Cl)cc2CCC12CCN(CC1CC1)CC2. The number of aryl methyl sites for hydroxylation is 1. The number of hydrogen-bond acceptors (Lipinski definition) is 2. The quantitative estimate of drug-likeness (QED) is 0.824. The molecule has 3 aliphatic rings. The van der Waals surface area contributed by atoms with Crippen LogP contribution in [0.3, 0.4) is 0 Å². The van der Waals surface area contributed by atoms with Gasteiger partial charge in [0.1, 0.15) is 0 Å². The molecule has 1 aliphatic heterocycles. The van der Waals surface area contributed by atoms with Crippen molar-refractivity contribution < 1.29 is 4.79 Å². The molecule has 21 heavy (non-hydrogen) atoms. The number of ketones is 1. The molecule has 0 bridgehead atoms. The molecule has 3 heteroatoms. The van der Waals surface area contributed by atoms with Crippen LogP contribution in [0.5, 0.6) is 0 Å². The number of hydrogen-bond donors (Lipinski definition) is 0. The van der Waals surface area contributed by atoms with E-state index in [1.54, 1.807) is 0 Å². The molecule has 1 spiro atoms. The molecule has 4 rings (SSSR count). The van der Waals surface area contributed by atoms with Crippen molar-refractivity contribution in [2.45, 2.75) is 38.5 Å². The second-order valence-corrected chi connectivity index (χ2v) is 7.59. The highest BCUT2D eigenvalue weighted by Gasteiger charge is 2.44. The molecule has 1 saturated heterocycles. The third kappa shape index (κ3) is 2.53. The summed E-state index contributed by atoms with van der Waals surface area (Å²) >= 11 is 6.06. The van der Waals surface area contributed by atoms with Gasteiger partial charge in [-0.25, -0.2) is 0 Å². The molecule has 112 valence electrons. The van der Waals surface area contributed by atoms with Gasteiger partial charge in [-0.1, -0.05) is 11.6 Å². The topological polar surface area (TPSA) is 20.3 Å². The minimum absolute atomic E-state index is 0.0825. The highest BCUT2D eigenvalue weighted by atomic mass is 35.5. The first-order valence-electron chi connectivity index (χ1n) is 8.22. The van der Waals surface area contributed by atoms with E-state index in [1.807, 2.05) is 18.2 Å². The van der Waals surface area contributed by atoms with Crippen LogP contribution in [0.2, 0.25) is 5.02 Å². The van der Waals surface area contributed by atoms with E-state index in [4.69, 9.17) is 11.6 Å². The minimum Gasteiger partial charge on any atom is -0.303 e. The summed E-state index contributed by atoms with van der Waals surface area (Å²) in [5.41, 5.74) is 2.00. The molecule has 0 atom stereocenters. The maximum absolute atomic E-state index is 13.0. The predicted molar refractivity (Wildman–Crippen MR) is 84.9 cm³/mol. The summed E-state index contributed by atoms with van der Waals surface area (Å²) in [6, 6.07) is 5.78. The molecule has 2 fully saturated rings. The third-order valence-corrected chi connectivity index (χ3v) is 5.93. The molecular formula is C18H22ClNO. The van der Waals surface area contributed by atoms with Crippen molar-refractivity contribution >= 4 is 17.4 Å². The Bertz CT molecular complexity index is 571. The van der Waals surface area contributed by atoms with Gasteiger partial charge < -0.3 is 4.90 Å². The van der Waals surface area contributed by atoms with Crippen LogP contribution in [0.1, 0.15) is 48.0 Å². The third-order valence-electron chi connectivity index (χ3n) is 5.69. The maximum Gasteiger partial charge on any atom is 0.169 e. The number of rotatable bonds is 2. The number of piperidine rings is 1. The zero-order valence-electron chi connectivity index (χ0n) is 12.4. The molecule has 0 amide bonds. The van der Waals surface area contributed by atoms with E-state index in [9.17, 15) is 4.79 Å². The van der Waals surface area contributed by atoms with E-state index >= 15 is 0 Å². The number of fused-ring (bicyclic) bond motifs is 1. The van der Waals surface area contributed by atoms with E-state index in [0.717, 1.165) is 60.8 Å². The van der Waals surface area contributed by atoms with Crippen molar-refractivity contribution in [1.82, 2.24) is 4.90 Å². The van der Waals surface area contributed by atoms with Gasteiger partial charge >= 0.3 is 0 Å². The summed E-state index contributed by atoms with van der Waals surface area (Å²) < 4.78 is 0. The van der Waals surface area contributed by atoms with Crippen molar-refractivity contribution in [3.8, 4) is 0 Å². The highest BCUT2D eigenvalue weighted by molar-refractivity contribution is 6.30. The fourth-order valence-electron chi connectivity index (χ4n) is 4.07. The van der Waals surface area contributed by atoms with Gasteiger partial charge in [0.05, 0.1) is 0 Å². The van der Waals surface area contributed by atoms with Gasteiger partial charge in [-0.15, -0.1) is 0 Å². The van der Waals surface area contributed by atoms with Crippen LogP contribution < -0.4 is 0 Å². The number of carbonyl (C=O) groups excluding carboxylic acids is 1. The van der Waals surface area contributed by atoms with E-state index in [-0.39, 0.29) is 5.41 Å². The Morgan fingerprint density at radius 3 is 2.67 bits per heavy atom. The van der Waals surface area contributed by atoms with Gasteiger partial charge in [-0.05, 0) is 81.3 Å². The van der Waals surface area contributed by atoms with Crippen LogP contribution in [0.4, 0.5) is 0 Å². The van der Waals surface area contributed by atoms with Crippen molar-refractivity contribution in [2.75, 3.05) is 19.6 Å². The molecule has 1 aromatic rings. The lowest BCUT2D eigenvalue weighted by molar-refractivity contribution is 0.0534. The zero-order valence-corrected chi connectivity index (χ0v) is 13.2. The first kappa shape index (κ1) is 13.8. The maximum atomic E-state index is 13.0. The summed E-state index contributed by atoms with van der Waals surface area (Å²) in [7, 11) is 0. The van der Waals surface area contributed by atoms with Gasteiger partial charge in [0.25, 0.3) is 0 Å². The van der Waals surface area contributed by atoms with Crippen molar-refractivity contribution in [3.05, 3.63) is 34.3 Å². The average molecular weight is 304 g/mol. The normalized spacial score (nSPS) is 25.1. The molecule has 0 N–H and O–H groups in total. The van der Waals surface area contributed by atoms with Crippen molar-refractivity contribution in [3.63, 3.8) is 0 Å². The molecule has 2 nitrogen and oxygen atoms in total. The van der Waals surface area contributed by atoms with Crippen LogP contribution >= 0.6 is 11.6 Å². The molecule has 2 aliphatic carbocycles. The smallest absolute Gasteiger partial charge is 0.169 e. The van der Waals surface area contributed by atoms with Crippen LogP contribution in [0.25, 0.3) is 0 Å². The summed E-state index contributed by atoms with van der Waals surface area (Å²) in [5.74, 6) is 1.33. The van der Waals surface area contributed by atoms with E-state index in [1.165, 1.54) is 19.4 Å². The van der Waals surface area contributed by atoms with Crippen LogP contribution in [-0.2, 0) is 6.42 Å². The fraction of sp³-hybridized carbons (Fsp3) is 0.611. The van der Waals surface area contributed by atoms with Crippen LogP contribution in [-0.4, -0.2) is 30.3 Å². The molecule has 1 aromatic carbocycles. The monoisotopic (exact) mass is 303 g/mol. The van der Waals surface area contributed by atoms with E-state index < -0.39 is 0 Å². The highest BCUT2D eigenvalue weighted by Crippen LogP contribution is 2.44. The summed E-state index contributed by atoms with van der Waals surface area (Å²) in [6.45, 7) is 3.47. The van der Waals surface area contributed by atoms with Gasteiger partial charge in [0.15, 0.2) is 5.78 Å². The van der Waals surface area contributed by atoms with E-state index in [2.05, 4.69) is 4.90 Å². The Morgan fingerprint density at radius 2 is 1.95 bits per heavy atom. The number of halogens is 1. The number of benzene rings is 1. The Kier molecular flexibility index (Phi) is 3.35. The number of nitrogens with zero attached hydrogens (tertiary/aromatic N) is 1. The number of Topliss-reactive ketones (excluding diaryl/α,β-unsaturated/α-hetero) is 1. The van der Waals surface area contributed by atoms with Crippen LogP contribution in [0, 0.1) is 11.3 Å². The Hall–Kier alpha value is -0.860. The van der Waals surface area contributed by atoms with Gasteiger partial charge in [0.2, 0.25) is 0 Å². The number of carbonyl (C=O) groups is 1. The van der Waals surface area contributed by atoms with Crippen molar-refractivity contribution in [1.29, 1.82) is 0 Å². The summed E-state index contributed by atoms with van der Waals surface area (Å²) in [6.07, 6.45) is 6.92. The predicted octanol–water partition coefficient (Wildman–Crippen LogP) is 3.96. The van der Waals surface area contributed by atoms with Crippen molar-refractivity contribution in [2.24, 2.45) is 11.3 Å². The first-order chi connectivity index (χ1) is 10.2. The van der Waals surface area contributed by atoms with Crippen LogP contribution in [0.15, 0.2) is 18.2 Å². The summed E-state index contributed by atoms with van der Waals surface area (Å²) in [5, 5.41) is 0.747. The molecule has 0 unspecified atom stereocenters. The first-order valence-corrected chi connectivity index (χ1v) is 8.60. The van der Waals surface area contributed by atoms with Gasteiger partial charge in [0, 0.05) is 22.5 Å². The van der Waals surface area contributed by atoms with Gasteiger partial charge in [-0.3, -0.25) is 4.79 Å². The summed E-state index contributed by atoms with van der Waals surface area (Å²) in [4.78, 5) is 15.6. The molecule has 0 aromatic heterocycles. The molecular weight excluding hydrogens is 282 g/mol. The minimum atomic E-state index is -0.0825. The lowest BCUT2D eigenvalue weighted by Crippen LogP contribution is -2.46. The molecule has 1 heterocycles. The molecule has 0 radical (unpaired) electrons. The lowest BCUT2D eigenvalue weighted by Gasteiger charge is -2.43.